The number of fused-ring (bicyclic) bond motifs is 1. The maximum absolute atomic E-state index is 5.48. The van der Waals surface area contributed by atoms with Gasteiger partial charge in [-0.3, -0.25) is 4.98 Å². The van der Waals surface area contributed by atoms with Crippen molar-refractivity contribution in [1.29, 1.82) is 0 Å². The molecule has 2 heteroatoms. The van der Waals surface area contributed by atoms with Crippen LogP contribution in [0.3, 0.4) is 0 Å². The summed E-state index contributed by atoms with van der Waals surface area (Å²) in [6.07, 6.45) is 7.75. The van der Waals surface area contributed by atoms with Gasteiger partial charge in [-0.05, 0) is 34.5 Å². The summed E-state index contributed by atoms with van der Waals surface area (Å²) >= 11 is 0. The van der Waals surface area contributed by atoms with Crippen molar-refractivity contribution in [1.82, 2.24) is 4.98 Å². The molecule has 2 aromatic carbocycles. The van der Waals surface area contributed by atoms with Crippen LogP contribution in [0.25, 0.3) is 22.9 Å². The summed E-state index contributed by atoms with van der Waals surface area (Å²) in [7, 11) is 1.70. The van der Waals surface area contributed by atoms with E-state index in [1.54, 1.807) is 19.5 Å². The first kappa shape index (κ1) is 12.4. The van der Waals surface area contributed by atoms with Crippen molar-refractivity contribution in [2.24, 2.45) is 0 Å². The molecule has 0 aliphatic carbocycles. The number of benzene rings is 2. The van der Waals surface area contributed by atoms with Crippen LogP contribution in [0, 0.1) is 0 Å². The highest BCUT2D eigenvalue weighted by Crippen LogP contribution is 2.29. The van der Waals surface area contributed by atoms with E-state index in [-0.39, 0.29) is 0 Å². The molecule has 20 heavy (non-hydrogen) atoms. The monoisotopic (exact) mass is 261 g/mol. The van der Waals surface area contributed by atoms with E-state index in [2.05, 4.69) is 35.3 Å². The first-order valence-electron chi connectivity index (χ1n) is 6.52. The average molecular weight is 261 g/mol. The zero-order valence-corrected chi connectivity index (χ0v) is 11.3. The molecule has 0 aliphatic heterocycles. The van der Waals surface area contributed by atoms with Crippen molar-refractivity contribution in [3.8, 4) is 5.75 Å². The number of hydrogen-bond donors (Lipinski definition) is 0. The largest absolute Gasteiger partial charge is 0.496 e. The van der Waals surface area contributed by atoms with Gasteiger partial charge >= 0.3 is 0 Å². The molecule has 0 saturated heterocycles. The smallest absolute Gasteiger partial charge is 0.126 e. The molecule has 0 spiro atoms. The van der Waals surface area contributed by atoms with E-state index in [9.17, 15) is 0 Å². The zero-order valence-electron chi connectivity index (χ0n) is 11.3. The van der Waals surface area contributed by atoms with E-state index in [1.165, 1.54) is 10.8 Å². The molecule has 3 rings (SSSR count). The number of aromatic nitrogens is 1. The molecule has 0 atom stereocenters. The lowest BCUT2D eigenvalue weighted by molar-refractivity contribution is 0.414. The standard InChI is InChI=1S/C18H15NO/c1-20-18-9-7-15-4-2-3-5-16(15)17(18)8-6-14-10-12-19-13-11-14/h2-13H,1H3/b8-6+. The topological polar surface area (TPSA) is 22.1 Å². The maximum Gasteiger partial charge on any atom is 0.126 e. The van der Waals surface area contributed by atoms with E-state index in [1.807, 2.05) is 30.3 Å². The molecular weight excluding hydrogens is 246 g/mol. The molecule has 98 valence electrons. The number of pyridine rings is 1. The van der Waals surface area contributed by atoms with Gasteiger partial charge in [-0.25, -0.2) is 0 Å². The quantitative estimate of drug-likeness (QED) is 0.696. The lowest BCUT2D eigenvalue weighted by atomic mass is 10.0. The lowest BCUT2D eigenvalue weighted by Gasteiger charge is -2.08. The highest BCUT2D eigenvalue weighted by Gasteiger charge is 2.04. The van der Waals surface area contributed by atoms with Gasteiger partial charge in [0.2, 0.25) is 0 Å². The number of hydrogen-bond acceptors (Lipinski definition) is 2. The first-order valence-corrected chi connectivity index (χ1v) is 6.52. The minimum absolute atomic E-state index is 0.883. The number of ether oxygens (including phenoxy) is 1. The summed E-state index contributed by atoms with van der Waals surface area (Å²) in [5.41, 5.74) is 2.22. The molecule has 3 aromatic rings. The van der Waals surface area contributed by atoms with Crippen LogP contribution in [0.1, 0.15) is 11.1 Å². The van der Waals surface area contributed by atoms with Crippen LogP contribution in [0.4, 0.5) is 0 Å². The number of methoxy groups -OCH3 is 1. The first-order chi connectivity index (χ1) is 9.88. The van der Waals surface area contributed by atoms with Gasteiger partial charge in [0.15, 0.2) is 0 Å². The van der Waals surface area contributed by atoms with Gasteiger partial charge in [-0.2, -0.15) is 0 Å². The SMILES string of the molecule is COc1ccc2ccccc2c1/C=C/c1ccncc1. The van der Waals surface area contributed by atoms with Crippen molar-refractivity contribution in [3.05, 3.63) is 72.1 Å². The Morgan fingerprint density at radius 1 is 0.900 bits per heavy atom. The van der Waals surface area contributed by atoms with Gasteiger partial charge in [0, 0.05) is 18.0 Å². The highest BCUT2D eigenvalue weighted by molar-refractivity contribution is 5.95. The molecule has 1 aromatic heterocycles. The summed E-state index contributed by atoms with van der Waals surface area (Å²) in [5.74, 6) is 0.883. The predicted octanol–water partition coefficient (Wildman–Crippen LogP) is 4.41. The van der Waals surface area contributed by atoms with Gasteiger partial charge < -0.3 is 4.74 Å². The van der Waals surface area contributed by atoms with Crippen LogP contribution < -0.4 is 4.74 Å². The minimum Gasteiger partial charge on any atom is -0.496 e. The minimum atomic E-state index is 0.883. The molecule has 0 fully saturated rings. The Balaban J connectivity index is 2.12. The molecule has 0 N–H and O–H groups in total. The van der Waals surface area contributed by atoms with Crippen LogP contribution >= 0.6 is 0 Å². The van der Waals surface area contributed by atoms with Crippen molar-refractivity contribution >= 4 is 22.9 Å². The van der Waals surface area contributed by atoms with Crippen molar-refractivity contribution < 1.29 is 4.74 Å². The summed E-state index contributed by atoms with van der Waals surface area (Å²) in [4.78, 5) is 4.03. The third kappa shape index (κ3) is 2.41. The molecule has 0 saturated carbocycles. The fourth-order valence-electron chi connectivity index (χ4n) is 2.28. The fraction of sp³-hybridized carbons (Fsp3) is 0.0556. The van der Waals surface area contributed by atoms with E-state index in [0.29, 0.717) is 0 Å². The van der Waals surface area contributed by atoms with Crippen molar-refractivity contribution in [3.63, 3.8) is 0 Å². The zero-order chi connectivity index (χ0) is 13.8. The maximum atomic E-state index is 5.48. The van der Waals surface area contributed by atoms with E-state index >= 15 is 0 Å². The summed E-state index contributed by atoms with van der Waals surface area (Å²) in [6, 6.07) is 16.4. The van der Waals surface area contributed by atoms with E-state index in [4.69, 9.17) is 4.74 Å². The Labute approximate surface area is 118 Å². The van der Waals surface area contributed by atoms with E-state index < -0.39 is 0 Å². The fourth-order valence-corrected chi connectivity index (χ4v) is 2.28. The Bertz CT molecular complexity index is 748. The van der Waals surface area contributed by atoms with Crippen molar-refractivity contribution in [2.75, 3.05) is 7.11 Å². The second-order valence-electron chi connectivity index (χ2n) is 4.52. The average Bonchev–Trinajstić information content (AvgIpc) is 2.53. The molecular formula is C18H15NO. The van der Waals surface area contributed by atoms with Gasteiger partial charge in [-0.15, -0.1) is 0 Å². The molecule has 2 nitrogen and oxygen atoms in total. The number of nitrogens with zero attached hydrogens (tertiary/aromatic N) is 1. The third-order valence-electron chi connectivity index (χ3n) is 3.30. The van der Waals surface area contributed by atoms with Gasteiger partial charge in [0.25, 0.3) is 0 Å². The van der Waals surface area contributed by atoms with E-state index in [0.717, 1.165) is 16.9 Å². The van der Waals surface area contributed by atoms with Crippen LogP contribution in [0.15, 0.2) is 60.9 Å². The second kappa shape index (κ2) is 5.57. The number of rotatable bonds is 3. The summed E-state index contributed by atoms with van der Waals surface area (Å²) < 4.78 is 5.48. The lowest BCUT2D eigenvalue weighted by Crippen LogP contribution is -1.88. The Morgan fingerprint density at radius 2 is 1.70 bits per heavy atom. The highest BCUT2D eigenvalue weighted by atomic mass is 16.5. The Morgan fingerprint density at radius 3 is 2.50 bits per heavy atom. The third-order valence-corrected chi connectivity index (χ3v) is 3.30. The van der Waals surface area contributed by atoms with Gasteiger partial charge in [-0.1, -0.05) is 42.5 Å². The summed E-state index contributed by atoms with van der Waals surface area (Å²) in [6.45, 7) is 0. The van der Waals surface area contributed by atoms with Crippen LogP contribution in [0.2, 0.25) is 0 Å². The Hall–Kier alpha value is -2.61. The van der Waals surface area contributed by atoms with Gasteiger partial charge in [0.1, 0.15) is 5.75 Å². The molecule has 0 amide bonds. The van der Waals surface area contributed by atoms with Crippen LogP contribution in [-0.4, -0.2) is 12.1 Å². The molecule has 0 aliphatic rings. The normalized spacial score (nSPS) is 11.1. The predicted molar refractivity (Wildman–Crippen MR) is 83.7 cm³/mol. The second-order valence-corrected chi connectivity index (χ2v) is 4.52. The van der Waals surface area contributed by atoms with Gasteiger partial charge in [0.05, 0.1) is 7.11 Å². The Kier molecular flexibility index (Phi) is 3.46. The molecule has 0 bridgehead atoms. The molecule has 1 heterocycles. The van der Waals surface area contributed by atoms with Crippen molar-refractivity contribution in [2.45, 2.75) is 0 Å². The molecule has 0 radical (unpaired) electrons. The summed E-state index contributed by atoms with van der Waals surface area (Å²) in [5, 5.41) is 2.40. The van der Waals surface area contributed by atoms with Crippen LogP contribution in [0.5, 0.6) is 5.75 Å². The van der Waals surface area contributed by atoms with Crippen LogP contribution in [-0.2, 0) is 0 Å². The molecule has 0 unspecified atom stereocenters.